The molecule has 3 heteroatoms. The Morgan fingerprint density at radius 1 is 1.73 bits per heavy atom. The van der Waals surface area contributed by atoms with E-state index in [1.54, 1.807) is 24.5 Å². The lowest BCUT2D eigenvalue weighted by Crippen LogP contribution is -2.09. The fraction of sp³-hybridized carbons (Fsp3) is 0.250. The molecule has 0 aliphatic carbocycles. The van der Waals surface area contributed by atoms with Crippen LogP contribution >= 0.6 is 0 Å². The Bertz CT molecular complexity index is 233. The highest BCUT2D eigenvalue weighted by atomic mass is 16.1. The zero-order valence-corrected chi connectivity index (χ0v) is 6.37. The Morgan fingerprint density at radius 2 is 2.55 bits per heavy atom. The maximum atomic E-state index is 10.8. The number of aromatic nitrogens is 1. The first-order valence-electron chi connectivity index (χ1n) is 3.53. The van der Waals surface area contributed by atoms with E-state index in [2.05, 4.69) is 10.3 Å². The van der Waals surface area contributed by atoms with Crippen molar-refractivity contribution in [2.45, 2.75) is 13.3 Å². The third-order valence-electron chi connectivity index (χ3n) is 1.27. The summed E-state index contributed by atoms with van der Waals surface area (Å²) in [5, 5.41) is 2.69. The number of pyridine rings is 1. The monoisotopic (exact) mass is 150 g/mol. The van der Waals surface area contributed by atoms with Crippen LogP contribution in [-0.4, -0.2) is 10.9 Å². The van der Waals surface area contributed by atoms with Gasteiger partial charge in [-0.25, -0.2) is 0 Å². The standard InChI is InChI=1S/C8H10N2O/c1-2-8(11)10-7-4-3-5-9-6-7/h3-6H,2H2,1H3,(H,10,11). The summed E-state index contributed by atoms with van der Waals surface area (Å²) < 4.78 is 0. The summed E-state index contributed by atoms with van der Waals surface area (Å²) in [6.07, 6.45) is 3.78. The lowest BCUT2D eigenvalue weighted by atomic mass is 10.4. The van der Waals surface area contributed by atoms with Gasteiger partial charge in [-0.05, 0) is 12.1 Å². The molecule has 0 aromatic carbocycles. The van der Waals surface area contributed by atoms with E-state index >= 15 is 0 Å². The van der Waals surface area contributed by atoms with E-state index in [0.29, 0.717) is 6.42 Å². The van der Waals surface area contributed by atoms with Crippen LogP contribution in [0.3, 0.4) is 0 Å². The molecule has 58 valence electrons. The van der Waals surface area contributed by atoms with Gasteiger partial charge in [0.2, 0.25) is 5.91 Å². The number of nitrogens with zero attached hydrogens (tertiary/aromatic N) is 1. The fourth-order valence-corrected chi connectivity index (χ4v) is 0.686. The number of amides is 1. The zero-order chi connectivity index (χ0) is 8.10. The molecule has 1 N–H and O–H groups in total. The van der Waals surface area contributed by atoms with Crippen LogP contribution in [-0.2, 0) is 4.79 Å². The third kappa shape index (κ3) is 2.37. The average molecular weight is 150 g/mol. The molecule has 0 aliphatic heterocycles. The minimum absolute atomic E-state index is 0.0120. The molecule has 1 aromatic rings. The molecule has 1 aromatic heterocycles. The first-order chi connectivity index (χ1) is 5.33. The first-order valence-corrected chi connectivity index (χ1v) is 3.53. The predicted molar refractivity (Wildman–Crippen MR) is 43.2 cm³/mol. The van der Waals surface area contributed by atoms with E-state index < -0.39 is 0 Å². The molecular formula is C8H10N2O. The third-order valence-corrected chi connectivity index (χ3v) is 1.27. The van der Waals surface area contributed by atoms with Crippen molar-refractivity contribution >= 4 is 11.6 Å². The molecule has 0 unspecified atom stereocenters. The quantitative estimate of drug-likeness (QED) is 0.692. The van der Waals surface area contributed by atoms with Gasteiger partial charge in [0.25, 0.3) is 0 Å². The van der Waals surface area contributed by atoms with Gasteiger partial charge < -0.3 is 5.32 Å². The van der Waals surface area contributed by atoms with E-state index in [1.165, 1.54) is 0 Å². The molecule has 0 saturated carbocycles. The van der Waals surface area contributed by atoms with Gasteiger partial charge in [0.1, 0.15) is 0 Å². The maximum absolute atomic E-state index is 10.8. The van der Waals surface area contributed by atoms with Gasteiger partial charge in [-0.3, -0.25) is 9.78 Å². The Labute approximate surface area is 65.5 Å². The molecule has 1 rings (SSSR count). The second-order valence-corrected chi connectivity index (χ2v) is 2.14. The molecular weight excluding hydrogens is 140 g/mol. The SMILES string of the molecule is CCC(=O)Nc1cccnc1. The largest absolute Gasteiger partial charge is 0.325 e. The maximum Gasteiger partial charge on any atom is 0.224 e. The van der Waals surface area contributed by atoms with Crippen molar-refractivity contribution in [3.8, 4) is 0 Å². The fourth-order valence-electron chi connectivity index (χ4n) is 0.686. The summed E-state index contributed by atoms with van der Waals surface area (Å²) in [7, 11) is 0. The molecule has 0 spiro atoms. The van der Waals surface area contributed by atoms with Crippen LogP contribution in [0.1, 0.15) is 13.3 Å². The van der Waals surface area contributed by atoms with Gasteiger partial charge in [0, 0.05) is 12.6 Å². The van der Waals surface area contributed by atoms with E-state index in [4.69, 9.17) is 0 Å². The molecule has 1 amide bonds. The van der Waals surface area contributed by atoms with Crippen LogP contribution in [0.5, 0.6) is 0 Å². The Balaban J connectivity index is 2.58. The Hall–Kier alpha value is -1.38. The second-order valence-electron chi connectivity index (χ2n) is 2.14. The van der Waals surface area contributed by atoms with E-state index in [9.17, 15) is 4.79 Å². The van der Waals surface area contributed by atoms with Crippen molar-refractivity contribution in [3.05, 3.63) is 24.5 Å². The molecule has 1 heterocycles. The number of hydrogen-bond acceptors (Lipinski definition) is 2. The van der Waals surface area contributed by atoms with Crippen LogP contribution in [0.25, 0.3) is 0 Å². The molecule has 0 fully saturated rings. The summed E-state index contributed by atoms with van der Waals surface area (Å²) in [6, 6.07) is 3.59. The van der Waals surface area contributed by atoms with Crippen LogP contribution < -0.4 is 5.32 Å². The van der Waals surface area contributed by atoms with Crippen molar-refractivity contribution in [1.29, 1.82) is 0 Å². The smallest absolute Gasteiger partial charge is 0.224 e. The van der Waals surface area contributed by atoms with Crippen molar-refractivity contribution in [2.75, 3.05) is 5.32 Å². The van der Waals surface area contributed by atoms with Crippen molar-refractivity contribution in [1.82, 2.24) is 4.98 Å². The molecule has 0 bridgehead atoms. The topological polar surface area (TPSA) is 42.0 Å². The number of carbonyl (C=O) groups is 1. The van der Waals surface area contributed by atoms with Crippen LogP contribution in [0, 0.1) is 0 Å². The predicted octanol–water partition coefficient (Wildman–Crippen LogP) is 1.43. The highest BCUT2D eigenvalue weighted by molar-refractivity contribution is 5.90. The van der Waals surface area contributed by atoms with Crippen LogP contribution in [0.15, 0.2) is 24.5 Å². The molecule has 0 atom stereocenters. The highest BCUT2D eigenvalue weighted by Crippen LogP contribution is 2.02. The summed E-state index contributed by atoms with van der Waals surface area (Å²) in [4.78, 5) is 14.7. The van der Waals surface area contributed by atoms with Gasteiger partial charge in [0.05, 0.1) is 11.9 Å². The Morgan fingerprint density at radius 3 is 3.09 bits per heavy atom. The summed E-state index contributed by atoms with van der Waals surface area (Å²) in [5.74, 6) is 0.0120. The molecule has 0 aliphatic rings. The molecule has 3 nitrogen and oxygen atoms in total. The lowest BCUT2D eigenvalue weighted by molar-refractivity contribution is -0.115. The number of nitrogens with one attached hydrogen (secondary N) is 1. The summed E-state index contributed by atoms with van der Waals surface area (Å²) in [5.41, 5.74) is 0.749. The van der Waals surface area contributed by atoms with Gasteiger partial charge in [-0.2, -0.15) is 0 Å². The summed E-state index contributed by atoms with van der Waals surface area (Å²) in [6.45, 7) is 1.81. The molecule has 0 radical (unpaired) electrons. The van der Waals surface area contributed by atoms with E-state index in [0.717, 1.165) is 5.69 Å². The molecule has 11 heavy (non-hydrogen) atoms. The zero-order valence-electron chi connectivity index (χ0n) is 6.37. The summed E-state index contributed by atoms with van der Waals surface area (Å²) >= 11 is 0. The first kappa shape index (κ1) is 7.72. The van der Waals surface area contributed by atoms with Crippen molar-refractivity contribution in [3.63, 3.8) is 0 Å². The minimum Gasteiger partial charge on any atom is -0.325 e. The number of rotatable bonds is 2. The molecule has 0 saturated heterocycles. The van der Waals surface area contributed by atoms with E-state index in [1.807, 2.05) is 6.92 Å². The van der Waals surface area contributed by atoms with E-state index in [-0.39, 0.29) is 5.91 Å². The van der Waals surface area contributed by atoms with Crippen molar-refractivity contribution in [2.24, 2.45) is 0 Å². The van der Waals surface area contributed by atoms with Gasteiger partial charge >= 0.3 is 0 Å². The van der Waals surface area contributed by atoms with Crippen LogP contribution in [0.4, 0.5) is 5.69 Å². The normalized spacial score (nSPS) is 9.18. The second kappa shape index (κ2) is 3.71. The van der Waals surface area contributed by atoms with Gasteiger partial charge in [0.15, 0.2) is 0 Å². The average Bonchev–Trinajstić information content (AvgIpc) is 2.06. The van der Waals surface area contributed by atoms with Gasteiger partial charge in [-0.1, -0.05) is 6.92 Å². The van der Waals surface area contributed by atoms with Gasteiger partial charge in [-0.15, -0.1) is 0 Å². The Kier molecular flexibility index (Phi) is 2.60. The number of hydrogen-bond donors (Lipinski definition) is 1. The lowest BCUT2D eigenvalue weighted by Gasteiger charge is -2.00. The van der Waals surface area contributed by atoms with Crippen molar-refractivity contribution < 1.29 is 4.79 Å². The number of anilines is 1. The highest BCUT2D eigenvalue weighted by Gasteiger charge is 1.95. The number of carbonyl (C=O) groups excluding carboxylic acids is 1. The minimum atomic E-state index is 0.0120. The van der Waals surface area contributed by atoms with Crippen LogP contribution in [0.2, 0.25) is 0 Å².